The van der Waals surface area contributed by atoms with Crippen LogP contribution in [0.15, 0.2) is 60.7 Å². The van der Waals surface area contributed by atoms with Gasteiger partial charge < -0.3 is 19.9 Å². The Kier molecular flexibility index (Phi) is 7.46. The van der Waals surface area contributed by atoms with E-state index in [0.717, 1.165) is 11.1 Å². The van der Waals surface area contributed by atoms with Crippen LogP contribution in [0.4, 0.5) is 4.79 Å². The van der Waals surface area contributed by atoms with Gasteiger partial charge in [0, 0.05) is 0 Å². The Morgan fingerprint density at radius 1 is 0.960 bits per heavy atom. The predicted octanol–water partition coefficient (Wildman–Crippen LogP) is 2.63. The summed E-state index contributed by atoms with van der Waals surface area (Å²) in [7, 11) is 0. The summed E-state index contributed by atoms with van der Waals surface area (Å²) in [6.07, 6.45) is -0.0512. The summed E-state index contributed by atoms with van der Waals surface area (Å²) in [6.45, 7) is -0.158. The lowest BCUT2D eigenvalue weighted by Crippen LogP contribution is -2.40. The van der Waals surface area contributed by atoms with Crippen LogP contribution in [0.3, 0.4) is 0 Å². The molecule has 0 saturated heterocycles. The molecule has 0 fully saturated rings. The summed E-state index contributed by atoms with van der Waals surface area (Å²) in [5.41, 5.74) is 1.90. The van der Waals surface area contributed by atoms with Gasteiger partial charge in [-0.05, 0) is 17.5 Å². The Labute approximate surface area is 146 Å². The highest BCUT2D eigenvalue weighted by Gasteiger charge is 2.15. The van der Waals surface area contributed by atoms with E-state index in [9.17, 15) is 9.59 Å². The number of amides is 1. The van der Waals surface area contributed by atoms with Crippen LogP contribution < -0.4 is 5.32 Å². The monoisotopic (exact) mass is 343 g/mol. The number of hydrogen-bond acceptors (Lipinski definition) is 4. The lowest BCUT2D eigenvalue weighted by Gasteiger charge is -2.18. The van der Waals surface area contributed by atoms with Gasteiger partial charge in [0.05, 0.1) is 12.6 Å². The number of nitrogens with one attached hydrogen (secondary N) is 1. The van der Waals surface area contributed by atoms with Crippen molar-refractivity contribution in [2.24, 2.45) is 0 Å². The van der Waals surface area contributed by atoms with Crippen molar-refractivity contribution in [3.8, 4) is 0 Å². The van der Waals surface area contributed by atoms with Crippen molar-refractivity contribution < 1.29 is 24.2 Å². The molecule has 0 aliphatic rings. The van der Waals surface area contributed by atoms with Crippen molar-refractivity contribution in [3.63, 3.8) is 0 Å². The van der Waals surface area contributed by atoms with Crippen LogP contribution in [0.2, 0.25) is 0 Å². The second kappa shape index (κ2) is 10.1. The SMILES string of the molecule is O=C(O)COC[C@H](Cc1ccccc1)NC(=O)OCc1ccccc1. The molecule has 0 heterocycles. The second-order valence-corrected chi connectivity index (χ2v) is 5.50. The third-order valence-electron chi connectivity index (χ3n) is 3.40. The maximum Gasteiger partial charge on any atom is 0.407 e. The van der Waals surface area contributed by atoms with Gasteiger partial charge in [0.1, 0.15) is 13.2 Å². The number of aliphatic carboxylic acids is 1. The molecule has 2 N–H and O–H groups in total. The van der Waals surface area contributed by atoms with E-state index in [2.05, 4.69) is 5.32 Å². The Morgan fingerprint density at radius 3 is 2.16 bits per heavy atom. The number of carboxylic acid groups (broad SMARTS) is 1. The van der Waals surface area contributed by atoms with Gasteiger partial charge in [-0.2, -0.15) is 0 Å². The molecule has 25 heavy (non-hydrogen) atoms. The topological polar surface area (TPSA) is 84.9 Å². The fraction of sp³-hybridized carbons (Fsp3) is 0.263. The second-order valence-electron chi connectivity index (χ2n) is 5.50. The van der Waals surface area contributed by atoms with E-state index < -0.39 is 18.7 Å². The van der Waals surface area contributed by atoms with Crippen molar-refractivity contribution in [3.05, 3.63) is 71.8 Å². The normalized spacial score (nSPS) is 11.5. The predicted molar refractivity (Wildman–Crippen MR) is 92.2 cm³/mol. The van der Waals surface area contributed by atoms with Crippen LogP contribution in [0, 0.1) is 0 Å². The Hall–Kier alpha value is -2.86. The van der Waals surface area contributed by atoms with E-state index in [4.69, 9.17) is 14.6 Å². The zero-order chi connectivity index (χ0) is 17.9. The molecule has 6 heteroatoms. The van der Waals surface area contributed by atoms with Crippen molar-refractivity contribution in [1.29, 1.82) is 0 Å². The highest BCUT2D eigenvalue weighted by atomic mass is 16.5. The minimum Gasteiger partial charge on any atom is -0.480 e. The number of carboxylic acids is 1. The number of benzene rings is 2. The molecule has 1 atom stereocenters. The van der Waals surface area contributed by atoms with E-state index in [0.29, 0.717) is 6.42 Å². The van der Waals surface area contributed by atoms with Gasteiger partial charge in [0.25, 0.3) is 0 Å². The standard InChI is InChI=1S/C19H21NO5/c21-18(22)14-24-13-17(11-15-7-3-1-4-8-15)20-19(23)25-12-16-9-5-2-6-10-16/h1-10,17H,11-14H2,(H,20,23)(H,21,22)/t17-/m0/s1. The smallest absolute Gasteiger partial charge is 0.407 e. The minimum absolute atomic E-state index is 0.0850. The van der Waals surface area contributed by atoms with Crippen LogP contribution in [-0.2, 0) is 27.3 Å². The maximum absolute atomic E-state index is 12.0. The Bertz CT molecular complexity index is 660. The quantitative estimate of drug-likeness (QED) is 0.731. The first kappa shape index (κ1) is 18.5. The molecule has 0 bridgehead atoms. The van der Waals surface area contributed by atoms with Gasteiger partial charge in [0.15, 0.2) is 0 Å². The fourth-order valence-electron chi connectivity index (χ4n) is 2.27. The highest BCUT2D eigenvalue weighted by molar-refractivity contribution is 5.68. The molecule has 2 rings (SSSR count). The van der Waals surface area contributed by atoms with Crippen LogP contribution >= 0.6 is 0 Å². The van der Waals surface area contributed by atoms with E-state index in [1.807, 2.05) is 60.7 Å². The molecule has 2 aromatic rings. The molecule has 2 aromatic carbocycles. The molecule has 0 saturated carbocycles. The van der Waals surface area contributed by atoms with Gasteiger partial charge >= 0.3 is 12.1 Å². The third-order valence-corrected chi connectivity index (χ3v) is 3.40. The first-order valence-corrected chi connectivity index (χ1v) is 7.94. The van der Waals surface area contributed by atoms with E-state index >= 15 is 0 Å². The Balaban J connectivity index is 1.87. The van der Waals surface area contributed by atoms with Crippen molar-refractivity contribution in [1.82, 2.24) is 5.32 Å². The number of ether oxygens (including phenoxy) is 2. The summed E-state index contributed by atoms with van der Waals surface area (Å²) >= 11 is 0. The van der Waals surface area contributed by atoms with Gasteiger partial charge in [-0.25, -0.2) is 9.59 Å². The van der Waals surface area contributed by atoms with Crippen LogP contribution in [0.5, 0.6) is 0 Å². The number of alkyl carbamates (subject to hydrolysis) is 1. The van der Waals surface area contributed by atoms with Gasteiger partial charge in [0.2, 0.25) is 0 Å². The summed E-state index contributed by atoms with van der Waals surface area (Å²) in [5.74, 6) is -1.05. The number of rotatable bonds is 9. The van der Waals surface area contributed by atoms with E-state index in [-0.39, 0.29) is 19.3 Å². The molecule has 0 aliphatic heterocycles. The third kappa shape index (κ3) is 7.50. The van der Waals surface area contributed by atoms with Crippen LogP contribution in [-0.4, -0.2) is 36.4 Å². The number of hydrogen-bond donors (Lipinski definition) is 2. The first-order chi connectivity index (χ1) is 12.1. The molecule has 0 aliphatic carbocycles. The zero-order valence-electron chi connectivity index (χ0n) is 13.8. The molecule has 6 nitrogen and oxygen atoms in total. The lowest BCUT2D eigenvalue weighted by molar-refractivity contribution is -0.142. The molecular formula is C19H21NO5. The van der Waals surface area contributed by atoms with Crippen LogP contribution in [0.25, 0.3) is 0 Å². The molecule has 0 spiro atoms. The lowest BCUT2D eigenvalue weighted by atomic mass is 10.1. The van der Waals surface area contributed by atoms with E-state index in [1.165, 1.54) is 0 Å². The summed E-state index contributed by atoms with van der Waals surface area (Å²) in [5, 5.41) is 11.4. The average molecular weight is 343 g/mol. The fourth-order valence-corrected chi connectivity index (χ4v) is 2.27. The molecule has 132 valence electrons. The number of carbonyl (C=O) groups excluding carboxylic acids is 1. The van der Waals surface area contributed by atoms with E-state index in [1.54, 1.807) is 0 Å². The number of carbonyl (C=O) groups is 2. The largest absolute Gasteiger partial charge is 0.480 e. The maximum atomic E-state index is 12.0. The first-order valence-electron chi connectivity index (χ1n) is 7.94. The summed E-state index contributed by atoms with van der Waals surface area (Å²) < 4.78 is 10.3. The summed E-state index contributed by atoms with van der Waals surface area (Å²) in [4.78, 5) is 22.6. The molecule has 0 aromatic heterocycles. The molecule has 1 amide bonds. The molecule has 0 radical (unpaired) electrons. The van der Waals surface area contributed by atoms with Gasteiger partial charge in [-0.15, -0.1) is 0 Å². The highest BCUT2D eigenvalue weighted by Crippen LogP contribution is 2.05. The summed E-state index contributed by atoms with van der Waals surface area (Å²) in [6, 6.07) is 18.5. The van der Waals surface area contributed by atoms with Gasteiger partial charge in [-0.1, -0.05) is 60.7 Å². The van der Waals surface area contributed by atoms with Gasteiger partial charge in [-0.3, -0.25) is 0 Å². The van der Waals surface area contributed by atoms with Crippen molar-refractivity contribution in [2.75, 3.05) is 13.2 Å². The zero-order valence-corrected chi connectivity index (χ0v) is 13.8. The molecular weight excluding hydrogens is 322 g/mol. The van der Waals surface area contributed by atoms with Crippen molar-refractivity contribution >= 4 is 12.1 Å². The molecule has 0 unspecified atom stereocenters. The average Bonchev–Trinajstić information content (AvgIpc) is 2.61. The minimum atomic E-state index is -1.05. The van der Waals surface area contributed by atoms with Crippen molar-refractivity contribution in [2.45, 2.75) is 19.1 Å². The van der Waals surface area contributed by atoms with Crippen LogP contribution in [0.1, 0.15) is 11.1 Å². The Morgan fingerprint density at radius 2 is 1.56 bits per heavy atom.